The summed E-state index contributed by atoms with van der Waals surface area (Å²) in [7, 11) is 1.70. The fourth-order valence-corrected chi connectivity index (χ4v) is 2.41. The molecule has 1 rings (SSSR count). The van der Waals surface area contributed by atoms with Crippen LogP contribution in [-0.2, 0) is 0 Å². The number of rotatable bonds is 10. The third-order valence-corrected chi connectivity index (χ3v) is 3.83. The Hall–Kier alpha value is -1.22. The molecular formula is C17H30N2O. The zero-order valence-corrected chi connectivity index (χ0v) is 13.2. The Kier molecular flexibility index (Phi) is 7.45. The second-order valence-corrected chi connectivity index (χ2v) is 5.75. The first-order valence-electron chi connectivity index (χ1n) is 7.76. The maximum atomic E-state index is 5.98. The van der Waals surface area contributed by atoms with Gasteiger partial charge in [-0.05, 0) is 25.5 Å². The summed E-state index contributed by atoms with van der Waals surface area (Å²) in [6.45, 7) is 5.06. The van der Waals surface area contributed by atoms with Crippen LogP contribution in [0.1, 0.15) is 52.4 Å². The fraction of sp³-hybridized carbons (Fsp3) is 0.647. The molecule has 1 aromatic rings. The molecule has 0 bridgehead atoms. The van der Waals surface area contributed by atoms with Crippen molar-refractivity contribution in [3.05, 3.63) is 24.3 Å². The third-order valence-electron chi connectivity index (χ3n) is 3.83. The lowest BCUT2D eigenvalue weighted by Crippen LogP contribution is -2.42. The van der Waals surface area contributed by atoms with E-state index in [1.165, 1.54) is 32.1 Å². The molecule has 1 aromatic carbocycles. The van der Waals surface area contributed by atoms with Gasteiger partial charge in [0.15, 0.2) is 0 Å². The van der Waals surface area contributed by atoms with Crippen LogP contribution in [0.3, 0.4) is 0 Å². The molecule has 0 saturated carbocycles. The van der Waals surface area contributed by atoms with Gasteiger partial charge in [-0.1, -0.05) is 51.2 Å². The fourth-order valence-electron chi connectivity index (χ4n) is 2.41. The molecular weight excluding hydrogens is 248 g/mol. The summed E-state index contributed by atoms with van der Waals surface area (Å²) >= 11 is 0. The molecule has 0 radical (unpaired) electrons. The minimum absolute atomic E-state index is 0.0686. The first-order valence-corrected chi connectivity index (χ1v) is 7.76. The van der Waals surface area contributed by atoms with Gasteiger partial charge in [0.1, 0.15) is 5.75 Å². The Labute approximate surface area is 123 Å². The SMILES string of the molecule is CCCCCCCC(C)(CN)Nc1ccccc1OC. The quantitative estimate of drug-likeness (QED) is 0.631. The molecule has 0 aliphatic rings. The number of methoxy groups -OCH3 is 1. The van der Waals surface area contributed by atoms with Gasteiger partial charge >= 0.3 is 0 Å². The Morgan fingerprint density at radius 1 is 1.15 bits per heavy atom. The molecule has 114 valence electrons. The Morgan fingerprint density at radius 2 is 1.85 bits per heavy atom. The number of nitrogens with two attached hydrogens (primary N) is 1. The van der Waals surface area contributed by atoms with Crippen LogP contribution in [0, 0.1) is 0 Å². The molecule has 0 aliphatic carbocycles. The van der Waals surface area contributed by atoms with Gasteiger partial charge in [0.05, 0.1) is 12.8 Å². The van der Waals surface area contributed by atoms with E-state index in [9.17, 15) is 0 Å². The summed E-state index contributed by atoms with van der Waals surface area (Å²) in [5.74, 6) is 0.873. The molecule has 1 atom stereocenters. The van der Waals surface area contributed by atoms with Crippen LogP contribution in [-0.4, -0.2) is 19.2 Å². The zero-order chi connectivity index (χ0) is 14.8. The van der Waals surface area contributed by atoms with Gasteiger partial charge in [0.25, 0.3) is 0 Å². The molecule has 0 heterocycles. The van der Waals surface area contributed by atoms with E-state index in [0.29, 0.717) is 6.54 Å². The van der Waals surface area contributed by atoms with E-state index in [0.717, 1.165) is 17.9 Å². The van der Waals surface area contributed by atoms with E-state index in [1.807, 2.05) is 24.3 Å². The molecule has 0 amide bonds. The first-order chi connectivity index (χ1) is 9.65. The summed E-state index contributed by atoms with van der Waals surface area (Å²) in [5.41, 5.74) is 6.94. The predicted molar refractivity (Wildman–Crippen MR) is 87.5 cm³/mol. The second-order valence-electron chi connectivity index (χ2n) is 5.75. The van der Waals surface area contributed by atoms with Crippen LogP contribution in [0.4, 0.5) is 5.69 Å². The van der Waals surface area contributed by atoms with Crippen LogP contribution < -0.4 is 15.8 Å². The highest BCUT2D eigenvalue weighted by Gasteiger charge is 2.22. The normalized spacial score (nSPS) is 13.8. The van der Waals surface area contributed by atoms with Gasteiger partial charge in [-0.25, -0.2) is 0 Å². The molecule has 20 heavy (non-hydrogen) atoms. The third kappa shape index (κ3) is 5.41. The van der Waals surface area contributed by atoms with E-state index >= 15 is 0 Å². The van der Waals surface area contributed by atoms with Crippen molar-refractivity contribution < 1.29 is 4.74 Å². The topological polar surface area (TPSA) is 47.3 Å². The van der Waals surface area contributed by atoms with Crippen molar-refractivity contribution in [1.82, 2.24) is 0 Å². The molecule has 3 heteroatoms. The Bertz CT molecular complexity index is 381. The van der Waals surface area contributed by atoms with E-state index in [2.05, 4.69) is 19.2 Å². The lowest BCUT2D eigenvalue weighted by Gasteiger charge is -2.31. The van der Waals surface area contributed by atoms with Crippen molar-refractivity contribution in [3.8, 4) is 5.75 Å². The molecule has 0 aliphatic heterocycles. The number of anilines is 1. The van der Waals surface area contributed by atoms with Crippen molar-refractivity contribution in [1.29, 1.82) is 0 Å². The smallest absolute Gasteiger partial charge is 0.141 e. The monoisotopic (exact) mass is 278 g/mol. The molecule has 0 fully saturated rings. The standard InChI is InChI=1S/C17H30N2O/c1-4-5-6-7-10-13-17(2,14-18)19-15-11-8-9-12-16(15)20-3/h8-9,11-12,19H,4-7,10,13-14,18H2,1-3H3. The molecule has 3 nitrogen and oxygen atoms in total. The molecule has 0 aromatic heterocycles. The summed E-state index contributed by atoms with van der Waals surface area (Å²) in [5, 5.41) is 3.57. The number of nitrogens with one attached hydrogen (secondary N) is 1. The van der Waals surface area contributed by atoms with E-state index < -0.39 is 0 Å². The molecule has 0 saturated heterocycles. The highest BCUT2D eigenvalue weighted by Crippen LogP contribution is 2.28. The number of hydrogen-bond acceptors (Lipinski definition) is 3. The van der Waals surface area contributed by atoms with Crippen molar-refractivity contribution in [2.75, 3.05) is 19.0 Å². The number of unbranched alkanes of at least 4 members (excludes halogenated alkanes) is 4. The van der Waals surface area contributed by atoms with Crippen LogP contribution in [0.5, 0.6) is 5.75 Å². The van der Waals surface area contributed by atoms with E-state index in [1.54, 1.807) is 7.11 Å². The van der Waals surface area contributed by atoms with Crippen molar-refractivity contribution >= 4 is 5.69 Å². The number of ether oxygens (including phenoxy) is 1. The minimum Gasteiger partial charge on any atom is -0.495 e. The number of benzene rings is 1. The molecule has 0 spiro atoms. The lowest BCUT2D eigenvalue weighted by atomic mass is 9.93. The lowest BCUT2D eigenvalue weighted by molar-refractivity contribution is 0.409. The maximum absolute atomic E-state index is 5.98. The minimum atomic E-state index is -0.0686. The van der Waals surface area contributed by atoms with Crippen LogP contribution in [0.15, 0.2) is 24.3 Å². The maximum Gasteiger partial charge on any atom is 0.141 e. The summed E-state index contributed by atoms with van der Waals surface area (Å²) < 4.78 is 5.39. The molecule has 3 N–H and O–H groups in total. The average Bonchev–Trinajstić information content (AvgIpc) is 2.47. The summed E-state index contributed by atoms with van der Waals surface area (Å²) in [6.07, 6.45) is 7.54. The second kappa shape index (κ2) is 8.85. The van der Waals surface area contributed by atoms with Crippen molar-refractivity contribution in [3.63, 3.8) is 0 Å². The highest BCUT2D eigenvalue weighted by molar-refractivity contribution is 5.57. The highest BCUT2D eigenvalue weighted by atomic mass is 16.5. The van der Waals surface area contributed by atoms with Gasteiger partial charge in [-0.2, -0.15) is 0 Å². The van der Waals surface area contributed by atoms with Gasteiger partial charge in [-0.3, -0.25) is 0 Å². The average molecular weight is 278 g/mol. The largest absolute Gasteiger partial charge is 0.495 e. The van der Waals surface area contributed by atoms with Crippen LogP contribution in [0.2, 0.25) is 0 Å². The van der Waals surface area contributed by atoms with E-state index in [-0.39, 0.29) is 5.54 Å². The Balaban J connectivity index is 2.55. The van der Waals surface area contributed by atoms with E-state index in [4.69, 9.17) is 10.5 Å². The number of para-hydroxylation sites is 2. The first kappa shape index (κ1) is 16.8. The molecule has 1 unspecified atom stereocenters. The van der Waals surface area contributed by atoms with Gasteiger partial charge in [-0.15, -0.1) is 0 Å². The number of hydrogen-bond donors (Lipinski definition) is 2. The summed E-state index contributed by atoms with van der Waals surface area (Å²) in [4.78, 5) is 0. The van der Waals surface area contributed by atoms with Crippen LogP contribution in [0.25, 0.3) is 0 Å². The van der Waals surface area contributed by atoms with Crippen molar-refractivity contribution in [2.45, 2.75) is 57.9 Å². The Morgan fingerprint density at radius 3 is 2.50 bits per heavy atom. The van der Waals surface area contributed by atoms with Gasteiger partial charge in [0.2, 0.25) is 0 Å². The van der Waals surface area contributed by atoms with Gasteiger partial charge in [0, 0.05) is 12.1 Å². The van der Waals surface area contributed by atoms with Crippen LogP contribution >= 0.6 is 0 Å². The summed E-state index contributed by atoms with van der Waals surface area (Å²) in [6, 6.07) is 8.02. The zero-order valence-electron chi connectivity index (χ0n) is 13.2. The predicted octanol–water partition coefficient (Wildman–Crippen LogP) is 4.19. The van der Waals surface area contributed by atoms with Gasteiger partial charge < -0.3 is 15.8 Å². The van der Waals surface area contributed by atoms with Crippen molar-refractivity contribution in [2.24, 2.45) is 5.73 Å².